The summed E-state index contributed by atoms with van der Waals surface area (Å²) in [7, 11) is 0. The van der Waals surface area contributed by atoms with E-state index >= 15 is 0 Å². The number of hydrogen-bond donors (Lipinski definition) is 4. The molecule has 4 N–H and O–H groups in total. The van der Waals surface area contributed by atoms with Gasteiger partial charge in [0.2, 0.25) is 0 Å². The Hall–Kier alpha value is -0.680. The summed E-state index contributed by atoms with van der Waals surface area (Å²) >= 11 is 0. The van der Waals surface area contributed by atoms with Crippen LogP contribution < -0.4 is 0 Å². The molecule has 2 unspecified atom stereocenters. The van der Waals surface area contributed by atoms with Crippen LogP contribution in [0.4, 0.5) is 0 Å². The summed E-state index contributed by atoms with van der Waals surface area (Å²) in [6, 6.07) is 0. The average Bonchev–Trinajstić information content (AvgIpc) is 2.54. The molecule has 9 nitrogen and oxygen atoms in total. The molecule has 0 spiro atoms. The molecule has 1 aliphatic heterocycles. The molecular weight excluding hydrogens is 310 g/mol. The Labute approximate surface area is 135 Å². The second-order valence-corrected chi connectivity index (χ2v) is 5.46. The minimum absolute atomic E-state index is 0.00607. The molecule has 9 heteroatoms. The summed E-state index contributed by atoms with van der Waals surface area (Å²) in [6.07, 6.45) is -6.33. The van der Waals surface area contributed by atoms with E-state index in [1.54, 1.807) is 13.8 Å². The SMILES string of the molecule is CCOC(CN=O)[C@@H](O)[C@@H](CC)O[C@H]1C[C@@H](O)C(O)[C@@H](CO)O1. The van der Waals surface area contributed by atoms with E-state index in [1.807, 2.05) is 0 Å². The lowest BCUT2D eigenvalue weighted by atomic mass is 10.0. The standard InChI is InChI=1S/C14H27NO8/c1-3-9(14(19)10(6-15-20)21-4-2)22-12-5-8(17)13(18)11(7-16)23-12/h8-14,16-19H,3-7H2,1-2H3/t8-,9-,10?,11-,12-,13?,14+/m1/s1. The summed E-state index contributed by atoms with van der Waals surface area (Å²) in [4.78, 5) is 10.5. The molecule has 1 aliphatic rings. The highest BCUT2D eigenvalue weighted by Crippen LogP contribution is 2.24. The number of rotatable bonds is 10. The molecule has 7 atom stereocenters. The minimum atomic E-state index is -1.19. The van der Waals surface area contributed by atoms with Gasteiger partial charge in [-0.1, -0.05) is 12.1 Å². The number of hydrogen-bond acceptors (Lipinski definition) is 9. The summed E-state index contributed by atoms with van der Waals surface area (Å²) in [5.41, 5.74) is 0. The van der Waals surface area contributed by atoms with Crippen molar-refractivity contribution in [3.63, 3.8) is 0 Å². The highest BCUT2D eigenvalue weighted by Gasteiger charge is 2.39. The zero-order chi connectivity index (χ0) is 17.4. The zero-order valence-corrected chi connectivity index (χ0v) is 13.4. The molecule has 1 saturated heterocycles. The fourth-order valence-electron chi connectivity index (χ4n) is 2.55. The fourth-order valence-corrected chi connectivity index (χ4v) is 2.55. The van der Waals surface area contributed by atoms with Crippen molar-refractivity contribution in [2.45, 2.75) is 69.6 Å². The first-order chi connectivity index (χ1) is 11.0. The first-order valence-electron chi connectivity index (χ1n) is 7.85. The number of aliphatic hydroxyl groups is 4. The Morgan fingerprint density at radius 1 is 1.30 bits per heavy atom. The smallest absolute Gasteiger partial charge is 0.161 e. The van der Waals surface area contributed by atoms with Gasteiger partial charge in [-0.2, -0.15) is 4.91 Å². The maximum Gasteiger partial charge on any atom is 0.161 e. The molecule has 23 heavy (non-hydrogen) atoms. The monoisotopic (exact) mass is 337 g/mol. The van der Waals surface area contributed by atoms with E-state index in [-0.39, 0.29) is 13.0 Å². The maximum absolute atomic E-state index is 10.5. The van der Waals surface area contributed by atoms with Crippen molar-refractivity contribution in [2.75, 3.05) is 19.8 Å². The molecule has 1 heterocycles. The Morgan fingerprint density at radius 3 is 2.52 bits per heavy atom. The zero-order valence-electron chi connectivity index (χ0n) is 13.4. The van der Waals surface area contributed by atoms with Gasteiger partial charge in [0.05, 0.1) is 18.8 Å². The van der Waals surface area contributed by atoms with Gasteiger partial charge >= 0.3 is 0 Å². The number of nitrogens with zero attached hydrogens (tertiary/aromatic N) is 1. The van der Waals surface area contributed by atoms with Gasteiger partial charge in [-0.15, -0.1) is 0 Å². The van der Waals surface area contributed by atoms with E-state index in [9.17, 15) is 20.2 Å². The Bertz CT molecular complexity index is 345. The lowest BCUT2D eigenvalue weighted by Crippen LogP contribution is -2.52. The molecule has 1 fully saturated rings. The van der Waals surface area contributed by atoms with E-state index in [0.29, 0.717) is 13.0 Å². The second kappa shape index (κ2) is 10.2. The Morgan fingerprint density at radius 2 is 2.00 bits per heavy atom. The normalized spacial score (nSPS) is 32.3. The summed E-state index contributed by atoms with van der Waals surface area (Å²) in [6.45, 7) is 3.16. The Kier molecular flexibility index (Phi) is 9.07. The van der Waals surface area contributed by atoms with E-state index in [0.717, 1.165) is 0 Å². The van der Waals surface area contributed by atoms with E-state index < -0.39 is 49.5 Å². The first-order valence-corrected chi connectivity index (χ1v) is 7.85. The summed E-state index contributed by atoms with van der Waals surface area (Å²) in [5, 5.41) is 41.7. The van der Waals surface area contributed by atoms with Crippen molar-refractivity contribution >= 4 is 0 Å². The van der Waals surface area contributed by atoms with Gasteiger partial charge in [-0.3, -0.25) is 0 Å². The van der Waals surface area contributed by atoms with Crippen LogP contribution in [0.15, 0.2) is 5.18 Å². The molecule has 0 aliphatic carbocycles. The van der Waals surface area contributed by atoms with Crippen LogP contribution in [0.2, 0.25) is 0 Å². The van der Waals surface area contributed by atoms with Crippen molar-refractivity contribution in [1.82, 2.24) is 0 Å². The minimum Gasteiger partial charge on any atom is -0.394 e. The predicted octanol–water partition coefficient (Wildman–Crippen LogP) is -0.857. The van der Waals surface area contributed by atoms with E-state index in [2.05, 4.69) is 5.18 Å². The molecule has 1 rings (SSSR count). The number of ether oxygens (including phenoxy) is 3. The lowest BCUT2D eigenvalue weighted by molar-refractivity contribution is -0.281. The molecule has 0 saturated carbocycles. The second-order valence-electron chi connectivity index (χ2n) is 5.46. The van der Waals surface area contributed by atoms with Gasteiger partial charge in [-0.05, 0) is 13.3 Å². The fraction of sp³-hybridized carbons (Fsp3) is 1.00. The van der Waals surface area contributed by atoms with Crippen molar-refractivity contribution in [1.29, 1.82) is 0 Å². The van der Waals surface area contributed by atoms with Crippen LogP contribution in [-0.4, -0.2) is 83.1 Å². The highest BCUT2D eigenvalue weighted by atomic mass is 16.7. The van der Waals surface area contributed by atoms with Gasteiger partial charge in [0.25, 0.3) is 0 Å². The maximum atomic E-state index is 10.5. The van der Waals surface area contributed by atoms with Gasteiger partial charge < -0.3 is 34.6 Å². The molecule has 0 aromatic heterocycles. The highest BCUT2D eigenvalue weighted by molar-refractivity contribution is 4.84. The molecule has 136 valence electrons. The van der Waals surface area contributed by atoms with Gasteiger partial charge in [-0.25, -0.2) is 0 Å². The predicted molar refractivity (Wildman–Crippen MR) is 79.6 cm³/mol. The van der Waals surface area contributed by atoms with Crippen LogP contribution >= 0.6 is 0 Å². The topological polar surface area (TPSA) is 138 Å². The molecule has 0 radical (unpaired) electrons. The van der Waals surface area contributed by atoms with Crippen molar-refractivity contribution in [2.24, 2.45) is 5.18 Å². The van der Waals surface area contributed by atoms with Crippen LogP contribution in [0, 0.1) is 4.91 Å². The third-order valence-electron chi connectivity index (χ3n) is 3.84. The quantitative estimate of drug-likeness (QED) is 0.378. The summed E-state index contributed by atoms with van der Waals surface area (Å²) < 4.78 is 16.3. The first kappa shape index (κ1) is 20.4. The van der Waals surface area contributed by atoms with Crippen molar-refractivity contribution in [3.8, 4) is 0 Å². The third-order valence-corrected chi connectivity index (χ3v) is 3.84. The molecule has 0 amide bonds. The van der Waals surface area contributed by atoms with Crippen LogP contribution in [-0.2, 0) is 14.2 Å². The van der Waals surface area contributed by atoms with Crippen molar-refractivity contribution in [3.05, 3.63) is 4.91 Å². The van der Waals surface area contributed by atoms with Gasteiger partial charge in [0.15, 0.2) is 6.29 Å². The molecule has 0 aromatic carbocycles. The van der Waals surface area contributed by atoms with Gasteiger partial charge in [0.1, 0.15) is 31.0 Å². The van der Waals surface area contributed by atoms with E-state index in [1.165, 1.54) is 0 Å². The van der Waals surface area contributed by atoms with E-state index in [4.69, 9.17) is 19.3 Å². The van der Waals surface area contributed by atoms with Crippen LogP contribution in [0.25, 0.3) is 0 Å². The Balaban J connectivity index is 2.68. The van der Waals surface area contributed by atoms with Crippen LogP contribution in [0.3, 0.4) is 0 Å². The average molecular weight is 337 g/mol. The van der Waals surface area contributed by atoms with Crippen LogP contribution in [0.5, 0.6) is 0 Å². The van der Waals surface area contributed by atoms with Gasteiger partial charge in [0, 0.05) is 13.0 Å². The molecular formula is C14H27NO8. The van der Waals surface area contributed by atoms with Crippen molar-refractivity contribution < 1.29 is 34.6 Å². The largest absolute Gasteiger partial charge is 0.394 e. The lowest BCUT2D eigenvalue weighted by Gasteiger charge is -2.38. The molecule has 0 bridgehead atoms. The summed E-state index contributed by atoms with van der Waals surface area (Å²) in [5.74, 6) is 0. The number of nitroso groups, excluding NO2 is 1. The molecule has 0 aromatic rings. The number of aliphatic hydroxyl groups excluding tert-OH is 4. The third kappa shape index (κ3) is 5.71. The van der Waals surface area contributed by atoms with Crippen LogP contribution in [0.1, 0.15) is 26.7 Å².